The zero-order chi connectivity index (χ0) is 10.9. The van der Waals surface area contributed by atoms with Crippen molar-refractivity contribution in [2.24, 2.45) is 11.7 Å². The molecule has 0 radical (unpaired) electrons. The van der Waals surface area contributed by atoms with Gasteiger partial charge in [-0.2, -0.15) is 0 Å². The normalized spacial score (nSPS) is 19.7. The number of halogens is 1. The molecule has 1 atom stereocenters. The molecule has 5 heteroatoms. The monoisotopic (exact) mass is 270 g/mol. The highest BCUT2D eigenvalue weighted by molar-refractivity contribution is 9.10. The fraction of sp³-hybridized carbons (Fsp3) is 0.600. The number of nitrogens with one attached hydrogen (secondary N) is 1. The number of hydrogen-bond donors (Lipinski definition) is 2. The second-order valence-electron chi connectivity index (χ2n) is 4.24. The van der Waals surface area contributed by atoms with Crippen LogP contribution in [0.4, 0.5) is 5.82 Å². The van der Waals surface area contributed by atoms with Crippen molar-refractivity contribution in [2.75, 3.05) is 11.9 Å². The molecule has 0 aromatic carbocycles. The van der Waals surface area contributed by atoms with Crippen molar-refractivity contribution in [3.63, 3.8) is 0 Å². The van der Waals surface area contributed by atoms with Crippen molar-refractivity contribution < 1.29 is 0 Å². The van der Waals surface area contributed by atoms with Crippen LogP contribution >= 0.6 is 15.9 Å². The van der Waals surface area contributed by atoms with Crippen LogP contribution in [0.25, 0.3) is 0 Å². The first kappa shape index (κ1) is 10.8. The van der Waals surface area contributed by atoms with Gasteiger partial charge in [0.1, 0.15) is 12.1 Å². The molecule has 0 aliphatic heterocycles. The van der Waals surface area contributed by atoms with Gasteiger partial charge in [0.15, 0.2) is 0 Å². The lowest BCUT2D eigenvalue weighted by atomic mass is 9.96. The third-order valence-electron chi connectivity index (χ3n) is 2.97. The van der Waals surface area contributed by atoms with E-state index in [0.717, 1.165) is 10.3 Å². The topological polar surface area (TPSA) is 63.8 Å². The van der Waals surface area contributed by atoms with Crippen LogP contribution in [0.1, 0.15) is 19.8 Å². The van der Waals surface area contributed by atoms with Crippen LogP contribution in [0.15, 0.2) is 17.0 Å². The van der Waals surface area contributed by atoms with E-state index in [1.165, 1.54) is 19.2 Å². The molecular weight excluding hydrogens is 256 g/mol. The van der Waals surface area contributed by atoms with Gasteiger partial charge >= 0.3 is 0 Å². The van der Waals surface area contributed by atoms with Crippen molar-refractivity contribution in [3.05, 3.63) is 17.0 Å². The minimum atomic E-state index is -0.0448. The molecule has 1 aromatic heterocycles. The molecule has 0 spiro atoms. The van der Waals surface area contributed by atoms with E-state index in [1.807, 2.05) is 0 Å². The van der Waals surface area contributed by atoms with E-state index in [4.69, 9.17) is 5.73 Å². The van der Waals surface area contributed by atoms with Gasteiger partial charge in [-0.3, -0.25) is 0 Å². The molecule has 2 rings (SSSR count). The summed E-state index contributed by atoms with van der Waals surface area (Å²) in [6.07, 6.45) is 5.78. The van der Waals surface area contributed by atoms with Crippen LogP contribution < -0.4 is 11.1 Å². The number of nitrogens with zero attached hydrogens (tertiary/aromatic N) is 2. The molecule has 82 valence electrons. The van der Waals surface area contributed by atoms with Crippen molar-refractivity contribution in [1.82, 2.24) is 9.97 Å². The Morgan fingerprint density at radius 1 is 1.67 bits per heavy atom. The van der Waals surface area contributed by atoms with Crippen LogP contribution in [-0.4, -0.2) is 22.1 Å². The molecule has 15 heavy (non-hydrogen) atoms. The fourth-order valence-electron chi connectivity index (χ4n) is 1.72. The molecule has 1 aliphatic carbocycles. The molecule has 0 saturated heterocycles. The maximum absolute atomic E-state index is 5.82. The van der Waals surface area contributed by atoms with Gasteiger partial charge in [-0.15, -0.1) is 0 Å². The molecule has 1 aromatic rings. The molecule has 1 aliphatic rings. The molecule has 0 bridgehead atoms. The van der Waals surface area contributed by atoms with E-state index < -0.39 is 0 Å². The van der Waals surface area contributed by atoms with Crippen molar-refractivity contribution in [2.45, 2.75) is 25.3 Å². The first-order valence-corrected chi connectivity index (χ1v) is 5.89. The number of aromatic nitrogens is 2. The average Bonchev–Trinajstić information content (AvgIpc) is 3.05. The average molecular weight is 271 g/mol. The molecule has 1 saturated carbocycles. The minimum absolute atomic E-state index is 0.0448. The number of nitrogens with two attached hydrogens (primary N) is 1. The predicted molar refractivity (Wildman–Crippen MR) is 63.5 cm³/mol. The lowest BCUT2D eigenvalue weighted by molar-refractivity contribution is 0.457. The van der Waals surface area contributed by atoms with Gasteiger partial charge in [0, 0.05) is 12.7 Å². The largest absolute Gasteiger partial charge is 0.362 e. The van der Waals surface area contributed by atoms with Crippen molar-refractivity contribution >= 4 is 21.7 Å². The van der Waals surface area contributed by atoms with Crippen LogP contribution in [-0.2, 0) is 0 Å². The molecule has 4 nitrogen and oxygen atoms in total. The highest BCUT2D eigenvalue weighted by atomic mass is 79.9. The second kappa shape index (κ2) is 4.06. The molecule has 1 fully saturated rings. The van der Waals surface area contributed by atoms with Gasteiger partial charge in [0.05, 0.1) is 10.0 Å². The Morgan fingerprint density at radius 3 is 2.93 bits per heavy atom. The summed E-state index contributed by atoms with van der Waals surface area (Å²) in [5, 5.41) is 3.41. The molecular formula is C10H15BrN4. The Hall–Kier alpha value is -0.680. The quantitative estimate of drug-likeness (QED) is 0.876. The van der Waals surface area contributed by atoms with Gasteiger partial charge in [-0.1, -0.05) is 0 Å². The second-order valence-corrected chi connectivity index (χ2v) is 5.09. The highest BCUT2D eigenvalue weighted by Crippen LogP contribution is 2.41. The molecule has 1 unspecified atom stereocenters. The zero-order valence-corrected chi connectivity index (χ0v) is 10.3. The van der Waals surface area contributed by atoms with E-state index in [0.29, 0.717) is 12.5 Å². The van der Waals surface area contributed by atoms with Gasteiger partial charge in [0.2, 0.25) is 0 Å². The van der Waals surface area contributed by atoms with Crippen LogP contribution in [0.5, 0.6) is 0 Å². The Kier molecular flexibility index (Phi) is 2.93. The number of hydrogen-bond acceptors (Lipinski definition) is 4. The molecule has 1 heterocycles. The SMILES string of the molecule is CC(CN)(Nc1ncncc1Br)C1CC1. The van der Waals surface area contributed by atoms with Gasteiger partial charge in [0.25, 0.3) is 0 Å². The summed E-state index contributed by atoms with van der Waals surface area (Å²) in [7, 11) is 0. The number of anilines is 1. The predicted octanol–water partition coefficient (Wildman–Crippen LogP) is 1.78. The smallest absolute Gasteiger partial charge is 0.144 e. The molecule has 0 amide bonds. The Bertz CT molecular complexity index is 353. The van der Waals surface area contributed by atoms with Crippen LogP contribution in [0, 0.1) is 5.92 Å². The van der Waals surface area contributed by atoms with E-state index in [1.54, 1.807) is 6.20 Å². The van der Waals surface area contributed by atoms with Gasteiger partial charge in [-0.25, -0.2) is 9.97 Å². The van der Waals surface area contributed by atoms with Crippen LogP contribution in [0.2, 0.25) is 0 Å². The summed E-state index contributed by atoms with van der Waals surface area (Å²) in [5.74, 6) is 1.49. The Balaban J connectivity index is 2.16. The Morgan fingerprint density at radius 2 is 2.40 bits per heavy atom. The molecule has 3 N–H and O–H groups in total. The van der Waals surface area contributed by atoms with E-state index >= 15 is 0 Å². The van der Waals surface area contributed by atoms with Gasteiger partial charge in [-0.05, 0) is 41.6 Å². The van der Waals surface area contributed by atoms with Gasteiger partial charge < -0.3 is 11.1 Å². The standard InChI is InChI=1S/C10H15BrN4/c1-10(5-12,7-2-3-7)15-9-8(11)4-13-6-14-9/h4,6-7H,2-3,5,12H2,1H3,(H,13,14,15). The van der Waals surface area contributed by atoms with E-state index in [-0.39, 0.29) is 5.54 Å². The Labute approximate surface area is 97.8 Å². The lowest BCUT2D eigenvalue weighted by Gasteiger charge is -2.30. The first-order valence-electron chi connectivity index (χ1n) is 5.09. The fourth-order valence-corrected chi connectivity index (χ4v) is 2.04. The minimum Gasteiger partial charge on any atom is -0.362 e. The highest BCUT2D eigenvalue weighted by Gasteiger charge is 2.40. The maximum Gasteiger partial charge on any atom is 0.144 e. The van der Waals surface area contributed by atoms with Crippen molar-refractivity contribution in [1.29, 1.82) is 0 Å². The van der Waals surface area contributed by atoms with E-state index in [9.17, 15) is 0 Å². The van der Waals surface area contributed by atoms with Crippen LogP contribution in [0.3, 0.4) is 0 Å². The summed E-state index contributed by atoms with van der Waals surface area (Å²) in [5.41, 5.74) is 5.78. The third-order valence-corrected chi connectivity index (χ3v) is 3.55. The lowest BCUT2D eigenvalue weighted by Crippen LogP contribution is -2.45. The first-order chi connectivity index (χ1) is 7.15. The summed E-state index contributed by atoms with van der Waals surface area (Å²) < 4.78 is 0.880. The van der Waals surface area contributed by atoms with E-state index in [2.05, 4.69) is 38.1 Å². The maximum atomic E-state index is 5.82. The summed E-state index contributed by atoms with van der Waals surface area (Å²) in [6, 6.07) is 0. The number of rotatable bonds is 4. The zero-order valence-electron chi connectivity index (χ0n) is 8.70. The third kappa shape index (κ3) is 2.29. The summed E-state index contributed by atoms with van der Waals surface area (Å²) in [4.78, 5) is 8.13. The summed E-state index contributed by atoms with van der Waals surface area (Å²) >= 11 is 3.42. The van der Waals surface area contributed by atoms with Crippen molar-refractivity contribution in [3.8, 4) is 0 Å². The summed E-state index contributed by atoms with van der Waals surface area (Å²) in [6.45, 7) is 2.77.